The molecule has 1 N–H and O–H groups in total. The number of amides is 1. The Morgan fingerprint density at radius 3 is 2.52 bits per heavy atom. The Bertz CT molecular complexity index is 1370. The van der Waals surface area contributed by atoms with E-state index in [1.54, 1.807) is 30.6 Å². The zero-order valence-electron chi connectivity index (χ0n) is 23.6. The van der Waals surface area contributed by atoms with E-state index in [0.717, 1.165) is 18.4 Å². The molecule has 0 radical (unpaired) electrons. The Morgan fingerprint density at radius 2 is 1.88 bits per heavy atom. The van der Waals surface area contributed by atoms with Crippen molar-refractivity contribution in [2.24, 2.45) is 5.92 Å². The lowest BCUT2D eigenvalue weighted by molar-refractivity contribution is -0.295. The van der Waals surface area contributed by atoms with Gasteiger partial charge in [-0.25, -0.2) is 9.97 Å². The molecule has 2 aromatic heterocycles. The summed E-state index contributed by atoms with van der Waals surface area (Å²) in [7, 11) is 0. The summed E-state index contributed by atoms with van der Waals surface area (Å²) < 4.78 is 55.7. The molecule has 5 rings (SSSR count). The predicted octanol–water partition coefficient (Wildman–Crippen LogP) is 4.66. The molecule has 1 saturated carbocycles. The van der Waals surface area contributed by atoms with Crippen molar-refractivity contribution in [3.8, 4) is 17.1 Å². The number of carbonyl (C=O) groups is 1. The number of rotatable bonds is 12. The van der Waals surface area contributed by atoms with Crippen LogP contribution in [0.25, 0.3) is 11.1 Å². The number of aryl methyl sites for hydroxylation is 1. The van der Waals surface area contributed by atoms with Gasteiger partial charge in [0.05, 0.1) is 25.2 Å². The number of hydrogen-bond donors (Lipinski definition) is 1. The molecule has 0 bridgehead atoms. The first-order chi connectivity index (χ1) is 20.0. The molecule has 1 aliphatic heterocycles. The van der Waals surface area contributed by atoms with E-state index in [-0.39, 0.29) is 11.4 Å². The first-order valence-electron chi connectivity index (χ1n) is 14.1. The zero-order chi connectivity index (χ0) is 30.0. The van der Waals surface area contributed by atoms with E-state index in [0.29, 0.717) is 62.2 Å². The van der Waals surface area contributed by atoms with Crippen molar-refractivity contribution in [2.75, 3.05) is 31.3 Å². The second-order valence-corrected chi connectivity index (χ2v) is 11.2. The molecule has 10 nitrogen and oxygen atoms in total. The van der Waals surface area contributed by atoms with E-state index in [1.165, 1.54) is 4.90 Å². The molecule has 2 aliphatic rings. The maximum absolute atomic E-state index is 13.5. The van der Waals surface area contributed by atoms with E-state index in [9.17, 15) is 23.1 Å². The number of ether oxygens (including phenoxy) is 2. The fourth-order valence-electron chi connectivity index (χ4n) is 5.13. The molecule has 42 heavy (non-hydrogen) atoms. The van der Waals surface area contributed by atoms with Crippen LogP contribution in [0.15, 0.2) is 41.2 Å². The van der Waals surface area contributed by atoms with Gasteiger partial charge in [0, 0.05) is 42.5 Å². The van der Waals surface area contributed by atoms with Crippen molar-refractivity contribution in [1.82, 2.24) is 20.1 Å². The molecule has 0 atom stereocenters. The fourth-order valence-corrected chi connectivity index (χ4v) is 5.13. The van der Waals surface area contributed by atoms with Crippen molar-refractivity contribution < 1.29 is 37.1 Å². The van der Waals surface area contributed by atoms with Crippen LogP contribution in [0.4, 0.5) is 18.9 Å². The number of hydrogen-bond acceptors (Lipinski definition) is 9. The van der Waals surface area contributed by atoms with Crippen molar-refractivity contribution in [2.45, 2.75) is 69.6 Å². The number of aliphatic hydroxyl groups is 1. The summed E-state index contributed by atoms with van der Waals surface area (Å²) in [6.07, 6.45) is -0.171. The van der Waals surface area contributed by atoms with E-state index in [4.69, 9.17) is 14.0 Å². The quantitative estimate of drug-likeness (QED) is 0.300. The van der Waals surface area contributed by atoms with Gasteiger partial charge in [-0.15, -0.1) is 0 Å². The number of halogens is 3. The van der Waals surface area contributed by atoms with Crippen molar-refractivity contribution in [1.29, 1.82) is 0 Å². The van der Waals surface area contributed by atoms with Crippen LogP contribution in [0.1, 0.15) is 57.7 Å². The number of alkyl halides is 3. The van der Waals surface area contributed by atoms with Crippen LogP contribution in [0.5, 0.6) is 6.01 Å². The summed E-state index contributed by atoms with van der Waals surface area (Å²) in [5.41, 5.74) is -1.07. The lowest BCUT2D eigenvalue weighted by atomic mass is 9.69. The standard InChI is InChI=1S/C29H34F3N5O5/c1-3-41-26-33-15-21(16-34-26)19-8-7-9-22(12-19)37(24(38)20-13-28(39,14-20)29(30,31)32)11-6-4-5-10-23-35-25(42-36-23)27(2)17-40-18-27/h7-9,12,15-16,20,39H,3-6,10-11,13-14,17-18H2,1-2H3. The van der Waals surface area contributed by atoms with Crippen molar-refractivity contribution in [3.05, 3.63) is 48.4 Å². The maximum Gasteiger partial charge on any atom is 0.417 e. The molecule has 13 heteroatoms. The van der Waals surface area contributed by atoms with Gasteiger partial charge < -0.3 is 24.0 Å². The third-order valence-electron chi connectivity index (χ3n) is 7.81. The fraction of sp³-hybridized carbons (Fsp3) is 0.552. The Balaban J connectivity index is 1.25. The van der Waals surface area contributed by atoms with Crippen LogP contribution < -0.4 is 9.64 Å². The van der Waals surface area contributed by atoms with Crippen LogP contribution in [-0.4, -0.2) is 69.3 Å². The third kappa shape index (κ3) is 6.26. The normalized spacial score (nSPS) is 21.3. The monoisotopic (exact) mass is 589 g/mol. The molecule has 1 aliphatic carbocycles. The van der Waals surface area contributed by atoms with Gasteiger partial charge in [0.25, 0.3) is 0 Å². The number of nitrogens with zero attached hydrogens (tertiary/aromatic N) is 5. The number of carbonyl (C=O) groups excluding carboxylic acids is 1. The highest BCUT2D eigenvalue weighted by Gasteiger charge is 2.63. The number of anilines is 1. The van der Waals surface area contributed by atoms with Crippen molar-refractivity contribution in [3.63, 3.8) is 0 Å². The minimum absolute atomic E-state index is 0.238. The number of unbranched alkanes of at least 4 members (excludes halogenated alkanes) is 2. The summed E-state index contributed by atoms with van der Waals surface area (Å²) in [6.45, 7) is 5.67. The van der Waals surface area contributed by atoms with Gasteiger partial charge >= 0.3 is 12.2 Å². The summed E-state index contributed by atoms with van der Waals surface area (Å²) in [4.78, 5) is 27.9. The SMILES string of the molecule is CCOc1ncc(-c2cccc(N(CCCCCc3noc(C4(C)COC4)n3)C(=O)C3CC(O)(C(F)(F)F)C3)c2)cn1. The minimum atomic E-state index is -4.78. The number of aromatic nitrogens is 4. The lowest BCUT2D eigenvalue weighted by Crippen LogP contribution is -2.59. The smallest absolute Gasteiger partial charge is 0.417 e. The Kier molecular flexibility index (Phi) is 8.51. The molecule has 226 valence electrons. The molecule has 1 amide bonds. The highest BCUT2D eigenvalue weighted by molar-refractivity contribution is 5.96. The Morgan fingerprint density at radius 1 is 1.14 bits per heavy atom. The van der Waals surface area contributed by atoms with Gasteiger partial charge in [-0.2, -0.15) is 18.2 Å². The highest BCUT2D eigenvalue weighted by atomic mass is 19.4. The first-order valence-corrected chi connectivity index (χ1v) is 14.1. The van der Waals surface area contributed by atoms with Crippen LogP contribution in [0, 0.1) is 5.92 Å². The molecule has 3 aromatic rings. The second kappa shape index (κ2) is 12.0. The first kappa shape index (κ1) is 29.9. The third-order valence-corrected chi connectivity index (χ3v) is 7.81. The average Bonchev–Trinajstić information content (AvgIpc) is 3.41. The van der Waals surface area contributed by atoms with E-state index in [2.05, 4.69) is 20.1 Å². The van der Waals surface area contributed by atoms with Gasteiger partial charge in [0.1, 0.15) is 0 Å². The molecule has 2 fully saturated rings. The lowest BCUT2D eigenvalue weighted by Gasteiger charge is -2.45. The molecular formula is C29H34F3N5O5. The highest BCUT2D eigenvalue weighted by Crippen LogP contribution is 2.49. The van der Waals surface area contributed by atoms with Crippen LogP contribution in [0.3, 0.4) is 0 Å². The van der Waals surface area contributed by atoms with Crippen LogP contribution in [-0.2, 0) is 21.4 Å². The van der Waals surface area contributed by atoms with Gasteiger partial charge in [-0.1, -0.05) is 23.7 Å². The predicted molar refractivity (Wildman–Crippen MR) is 145 cm³/mol. The largest absolute Gasteiger partial charge is 0.464 e. The molecule has 3 heterocycles. The molecule has 1 aromatic carbocycles. The van der Waals surface area contributed by atoms with Gasteiger partial charge in [0.2, 0.25) is 11.8 Å². The molecule has 0 spiro atoms. The van der Waals surface area contributed by atoms with Gasteiger partial charge in [0.15, 0.2) is 11.4 Å². The Hall–Kier alpha value is -3.58. The summed E-state index contributed by atoms with van der Waals surface area (Å²) in [5.74, 6) is -0.193. The summed E-state index contributed by atoms with van der Waals surface area (Å²) in [5, 5.41) is 14.0. The summed E-state index contributed by atoms with van der Waals surface area (Å²) >= 11 is 0. The second-order valence-electron chi connectivity index (χ2n) is 11.2. The van der Waals surface area contributed by atoms with Crippen LogP contribution >= 0.6 is 0 Å². The minimum Gasteiger partial charge on any atom is -0.464 e. The van der Waals surface area contributed by atoms with Crippen molar-refractivity contribution >= 4 is 11.6 Å². The van der Waals surface area contributed by atoms with Gasteiger partial charge in [-0.05, 0) is 57.2 Å². The summed E-state index contributed by atoms with van der Waals surface area (Å²) in [6, 6.07) is 7.40. The number of benzene rings is 1. The maximum atomic E-state index is 13.5. The average molecular weight is 590 g/mol. The van der Waals surface area contributed by atoms with E-state index in [1.807, 2.05) is 19.9 Å². The Labute approximate surface area is 241 Å². The molecule has 0 unspecified atom stereocenters. The van der Waals surface area contributed by atoms with Crippen LogP contribution in [0.2, 0.25) is 0 Å². The van der Waals surface area contributed by atoms with Gasteiger partial charge in [-0.3, -0.25) is 4.79 Å². The van der Waals surface area contributed by atoms with E-state index < -0.39 is 36.4 Å². The molecular weight excluding hydrogens is 555 g/mol. The molecule has 1 saturated heterocycles. The topological polar surface area (TPSA) is 124 Å². The zero-order valence-corrected chi connectivity index (χ0v) is 23.6. The van der Waals surface area contributed by atoms with E-state index >= 15 is 0 Å².